The minimum atomic E-state index is 0.637. The van der Waals surface area contributed by atoms with Gasteiger partial charge in [-0.15, -0.1) is 0 Å². The van der Waals surface area contributed by atoms with Crippen LogP contribution in [0.5, 0.6) is 0 Å². The predicted molar refractivity (Wildman–Crippen MR) is 115 cm³/mol. The van der Waals surface area contributed by atoms with Gasteiger partial charge in [-0.05, 0) is 62.0 Å². The standard InChI is InChI=1S/C20H21ClN4S/c1-14-3-6-16(7-4-14)25-20(26)24-11-2-10-22-18-9-12-23-19-13-15(21)5-8-17(18)19/h3-9,12-13H,2,10-11H2,1H3,(H,22,23)(H2,24,25,26). The zero-order valence-corrected chi connectivity index (χ0v) is 16.1. The van der Waals surface area contributed by atoms with E-state index in [0.717, 1.165) is 41.8 Å². The summed E-state index contributed by atoms with van der Waals surface area (Å²) in [5.41, 5.74) is 4.18. The Bertz CT molecular complexity index is 896. The Balaban J connectivity index is 1.43. The van der Waals surface area contributed by atoms with E-state index in [9.17, 15) is 0 Å². The fourth-order valence-corrected chi connectivity index (χ4v) is 2.99. The molecular weight excluding hydrogens is 364 g/mol. The summed E-state index contributed by atoms with van der Waals surface area (Å²) in [5, 5.41) is 12.3. The molecule has 1 heterocycles. The van der Waals surface area contributed by atoms with E-state index in [-0.39, 0.29) is 0 Å². The zero-order chi connectivity index (χ0) is 18.4. The summed E-state index contributed by atoms with van der Waals surface area (Å²) in [6.45, 7) is 3.69. The van der Waals surface area contributed by atoms with Crippen LogP contribution in [0.4, 0.5) is 11.4 Å². The molecule has 4 nitrogen and oxygen atoms in total. The van der Waals surface area contributed by atoms with E-state index in [1.165, 1.54) is 5.56 Å². The second kappa shape index (κ2) is 8.83. The normalized spacial score (nSPS) is 10.5. The van der Waals surface area contributed by atoms with Crippen molar-refractivity contribution in [2.45, 2.75) is 13.3 Å². The number of nitrogens with one attached hydrogen (secondary N) is 3. The van der Waals surface area contributed by atoms with E-state index in [1.807, 2.05) is 36.4 Å². The number of aromatic nitrogens is 1. The van der Waals surface area contributed by atoms with Crippen molar-refractivity contribution >= 4 is 51.2 Å². The van der Waals surface area contributed by atoms with E-state index in [4.69, 9.17) is 23.8 Å². The molecule has 6 heteroatoms. The number of rotatable bonds is 6. The third-order valence-corrected chi connectivity index (χ3v) is 4.45. The Hall–Kier alpha value is -2.37. The van der Waals surface area contributed by atoms with E-state index >= 15 is 0 Å². The van der Waals surface area contributed by atoms with Crippen molar-refractivity contribution in [3.05, 3.63) is 65.3 Å². The lowest BCUT2D eigenvalue weighted by Gasteiger charge is -2.12. The van der Waals surface area contributed by atoms with Crippen molar-refractivity contribution in [1.82, 2.24) is 10.3 Å². The van der Waals surface area contributed by atoms with Crippen molar-refractivity contribution < 1.29 is 0 Å². The molecule has 0 unspecified atom stereocenters. The number of pyridine rings is 1. The van der Waals surface area contributed by atoms with Crippen LogP contribution in [0.25, 0.3) is 10.9 Å². The molecule has 134 valence electrons. The second-order valence-electron chi connectivity index (χ2n) is 6.05. The number of halogens is 1. The number of benzene rings is 2. The van der Waals surface area contributed by atoms with Crippen LogP contribution in [0.15, 0.2) is 54.7 Å². The number of aryl methyl sites for hydroxylation is 1. The molecular formula is C20H21ClN4S. The molecule has 0 aliphatic heterocycles. The molecule has 0 spiro atoms. The largest absolute Gasteiger partial charge is 0.384 e. The smallest absolute Gasteiger partial charge is 0.170 e. The Morgan fingerprint density at radius 2 is 1.88 bits per heavy atom. The third kappa shape index (κ3) is 5.07. The average molecular weight is 385 g/mol. The number of thiocarbonyl (C=S) groups is 1. The van der Waals surface area contributed by atoms with Gasteiger partial charge in [-0.3, -0.25) is 4.98 Å². The molecule has 0 saturated carbocycles. The molecule has 0 bridgehead atoms. The van der Waals surface area contributed by atoms with E-state index < -0.39 is 0 Å². The van der Waals surface area contributed by atoms with Crippen LogP contribution in [0.2, 0.25) is 5.02 Å². The molecule has 0 aliphatic carbocycles. The van der Waals surface area contributed by atoms with E-state index in [0.29, 0.717) is 10.1 Å². The Labute approximate surface area is 164 Å². The van der Waals surface area contributed by atoms with Gasteiger partial charge in [0, 0.05) is 41.1 Å². The van der Waals surface area contributed by atoms with Gasteiger partial charge in [-0.2, -0.15) is 0 Å². The molecule has 1 aromatic heterocycles. The molecule has 0 aliphatic rings. The van der Waals surface area contributed by atoms with Gasteiger partial charge < -0.3 is 16.0 Å². The minimum absolute atomic E-state index is 0.637. The highest BCUT2D eigenvalue weighted by molar-refractivity contribution is 7.80. The zero-order valence-electron chi connectivity index (χ0n) is 14.6. The maximum absolute atomic E-state index is 6.03. The second-order valence-corrected chi connectivity index (χ2v) is 6.89. The Morgan fingerprint density at radius 3 is 2.69 bits per heavy atom. The highest BCUT2D eigenvalue weighted by Gasteiger charge is 2.02. The molecule has 2 aromatic carbocycles. The topological polar surface area (TPSA) is 49.0 Å². The Kier molecular flexibility index (Phi) is 6.26. The summed E-state index contributed by atoms with van der Waals surface area (Å²) in [4.78, 5) is 4.35. The first-order valence-electron chi connectivity index (χ1n) is 8.51. The van der Waals surface area contributed by atoms with Crippen molar-refractivity contribution in [3.63, 3.8) is 0 Å². The molecule has 0 atom stereocenters. The third-order valence-electron chi connectivity index (χ3n) is 3.97. The minimum Gasteiger partial charge on any atom is -0.384 e. The quantitative estimate of drug-likeness (QED) is 0.413. The van der Waals surface area contributed by atoms with Gasteiger partial charge in [-0.25, -0.2) is 0 Å². The monoisotopic (exact) mass is 384 g/mol. The number of anilines is 2. The maximum Gasteiger partial charge on any atom is 0.170 e. The summed E-state index contributed by atoms with van der Waals surface area (Å²) in [6.07, 6.45) is 2.73. The van der Waals surface area contributed by atoms with Gasteiger partial charge in [0.2, 0.25) is 0 Å². The summed E-state index contributed by atoms with van der Waals surface area (Å²) >= 11 is 11.3. The first-order chi connectivity index (χ1) is 12.6. The van der Waals surface area contributed by atoms with Crippen LogP contribution in [0, 0.1) is 6.92 Å². The number of nitrogens with zero attached hydrogens (tertiary/aromatic N) is 1. The summed E-state index contributed by atoms with van der Waals surface area (Å²) in [7, 11) is 0. The van der Waals surface area contributed by atoms with E-state index in [1.54, 1.807) is 6.20 Å². The van der Waals surface area contributed by atoms with E-state index in [2.05, 4.69) is 40.0 Å². The molecule has 3 rings (SSSR count). The van der Waals surface area contributed by atoms with Gasteiger partial charge in [0.1, 0.15) is 0 Å². The van der Waals surface area contributed by atoms with Crippen LogP contribution in [-0.4, -0.2) is 23.2 Å². The molecule has 0 fully saturated rings. The van der Waals surface area contributed by atoms with Gasteiger partial charge in [0.25, 0.3) is 0 Å². The number of hydrogen-bond donors (Lipinski definition) is 3. The first-order valence-corrected chi connectivity index (χ1v) is 9.30. The lowest BCUT2D eigenvalue weighted by atomic mass is 10.2. The molecule has 26 heavy (non-hydrogen) atoms. The average Bonchev–Trinajstić information content (AvgIpc) is 2.63. The van der Waals surface area contributed by atoms with Crippen molar-refractivity contribution in [1.29, 1.82) is 0 Å². The van der Waals surface area contributed by atoms with Crippen molar-refractivity contribution in [3.8, 4) is 0 Å². The first kappa shape index (κ1) is 18.4. The predicted octanol–water partition coefficient (Wildman–Crippen LogP) is 4.99. The van der Waals surface area contributed by atoms with Crippen molar-refractivity contribution in [2.24, 2.45) is 0 Å². The van der Waals surface area contributed by atoms with Gasteiger partial charge in [-0.1, -0.05) is 29.3 Å². The summed E-state index contributed by atoms with van der Waals surface area (Å²) < 4.78 is 0. The molecule has 0 radical (unpaired) electrons. The van der Waals surface area contributed by atoms with Gasteiger partial charge in [0.15, 0.2) is 5.11 Å². The highest BCUT2D eigenvalue weighted by Crippen LogP contribution is 2.24. The molecule has 0 saturated heterocycles. The van der Waals surface area contributed by atoms with Gasteiger partial charge >= 0.3 is 0 Å². The van der Waals surface area contributed by atoms with Gasteiger partial charge in [0.05, 0.1) is 5.52 Å². The maximum atomic E-state index is 6.03. The molecule has 0 amide bonds. The van der Waals surface area contributed by atoms with Crippen LogP contribution in [0.1, 0.15) is 12.0 Å². The van der Waals surface area contributed by atoms with Crippen molar-refractivity contribution in [2.75, 3.05) is 23.7 Å². The lowest BCUT2D eigenvalue weighted by molar-refractivity contribution is 0.809. The fraction of sp³-hybridized carbons (Fsp3) is 0.200. The number of fused-ring (bicyclic) bond motifs is 1. The Morgan fingerprint density at radius 1 is 1.08 bits per heavy atom. The van der Waals surface area contributed by atoms with Crippen LogP contribution in [-0.2, 0) is 0 Å². The SMILES string of the molecule is Cc1ccc(NC(=S)NCCCNc2ccnc3cc(Cl)ccc23)cc1. The van der Waals surface area contributed by atoms with Crippen LogP contribution in [0.3, 0.4) is 0 Å². The summed E-state index contributed by atoms with van der Waals surface area (Å²) in [6, 6.07) is 15.9. The van der Waals surface area contributed by atoms with Crippen LogP contribution < -0.4 is 16.0 Å². The fourth-order valence-electron chi connectivity index (χ4n) is 2.60. The summed E-state index contributed by atoms with van der Waals surface area (Å²) in [5.74, 6) is 0. The molecule has 3 aromatic rings. The lowest BCUT2D eigenvalue weighted by Crippen LogP contribution is -2.30. The van der Waals surface area contributed by atoms with Crippen LogP contribution >= 0.6 is 23.8 Å². The number of hydrogen-bond acceptors (Lipinski definition) is 3. The molecule has 3 N–H and O–H groups in total. The highest BCUT2D eigenvalue weighted by atomic mass is 35.5.